The van der Waals surface area contributed by atoms with Crippen LogP contribution in [0.3, 0.4) is 0 Å². The largest absolute Gasteiger partial charge is 0.357 e. The quantitative estimate of drug-likeness (QED) is 0.581. The van der Waals surface area contributed by atoms with E-state index in [1.807, 2.05) is 0 Å². The smallest absolute Gasteiger partial charge is 0.173 e. The third-order valence-corrected chi connectivity index (χ3v) is 5.53. The van der Waals surface area contributed by atoms with Gasteiger partial charge in [0.1, 0.15) is 0 Å². The lowest BCUT2D eigenvalue weighted by atomic mass is 9.87. The molecule has 4 rings (SSSR count). The topological polar surface area (TPSA) is 31.1 Å². The van der Waals surface area contributed by atoms with E-state index in [1.165, 1.54) is 27.7 Å². The highest BCUT2D eigenvalue weighted by Gasteiger charge is 2.22. The minimum atomic E-state index is 0.165. The van der Waals surface area contributed by atoms with E-state index in [1.54, 1.807) is 0 Å². The molecule has 1 aromatic heterocycles. The summed E-state index contributed by atoms with van der Waals surface area (Å²) in [4.78, 5) is 5.80. The Balaban J connectivity index is 1.48. The van der Waals surface area contributed by atoms with Crippen molar-refractivity contribution in [2.45, 2.75) is 39.2 Å². The van der Waals surface area contributed by atoms with E-state index in [4.69, 9.17) is 12.2 Å². The molecule has 2 aromatic carbocycles. The molecule has 1 aliphatic heterocycles. The van der Waals surface area contributed by atoms with Crippen LogP contribution in [0.2, 0.25) is 0 Å². The molecule has 0 amide bonds. The molecule has 0 saturated heterocycles. The first-order valence-electron chi connectivity index (χ1n) is 9.17. The van der Waals surface area contributed by atoms with Gasteiger partial charge in [-0.05, 0) is 53.4 Å². The van der Waals surface area contributed by atoms with Crippen LogP contribution >= 0.6 is 12.2 Å². The van der Waals surface area contributed by atoms with E-state index in [9.17, 15) is 0 Å². The first-order chi connectivity index (χ1) is 12.4. The van der Waals surface area contributed by atoms with Gasteiger partial charge in [-0.1, -0.05) is 51.1 Å². The maximum absolute atomic E-state index is 5.67. The molecule has 1 aliphatic rings. The van der Waals surface area contributed by atoms with Crippen LogP contribution in [0.25, 0.3) is 10.9 Å². The van der Waals surface area contributed by atoms with Crippen LogP contribution < -0.4 is 5.32 Å². The van der Waals surface area contributed by atoms with E-state index in [0.717, 1.165) is 30.3 Å². The van der Waals surface area contributed by atoms with Crippen molar-refractivity contribution < 1.29 is 0 Å². The number of anilines is 1. The second-order valence-corrected chi connectivity index (χ2v) is 8.44. The highest BCUT2D eigenvalue weighted by Crippen LogP contribution is 2.28. The maximum Gasteiger partial charge on any atom is 0.173 e. The standard InChI is InChI=1S/C22H25N3S/c1-22(2,3)15-8-10-16(11-9-15)23-21(26)25-13-12-18-17-6-4-5-7-19(17)24-20(18)14-25/h4-11,24H,12-14H2,1-3H3,(H,23,26). The molecule has 4 heteroatoms. The normalized spacial score (nSPS) is 14.3. The first-order valence-corrected chi connectivity index (χ1v) is 9.57. The highest BCUT2D eigenvalue weighted by molar-refractivity contribution is 7.80. The Morgan fingerprint density at radius 1 is 1.08 bits per heavy atom. The number of aromatic amines is 1. The minimum absolute atomic E-state index is 0.165. The Kier molecular flexibility index (Phi) is 4.23. The SMILES string of the molecule is CC(C)(C)c1ccc(NC(=S)N2CCc3c([nH]c4ccccc34)C2)cc1. The highest BCUT2D eigenvalue weighted by atomic mass is 32.1. The zero-order valence-corrected chi connectivity index (χ0v) is 16.4. The van der Waals surface area contributed by atoms with Crippen LogP contribution in [0, 0.1) is 0 Å². The lowest BCUT2D eigenvalue weighted by molar-refractivity contribution is 0.396. The minimum Gasteiger partial charge on any atom is -0.357 e. The van der Waals surface area contributed by atoms with E-state index >= 15 is 0 Å². The summed E-state index contributed by atoms with van der Waals surface area (Å²) in [6.45, 7) is 8.46. The van der Waals surface area contributed by atoms with Crippen molar-refractivity contribution in [3.8, 4) is 0 Å². The van der Waals surface area contributed by atoms with Crippen molar-refractivity contribution in [2.24, 2.45) is 0 Å². The lowest BCUT2D eigenvalue weighted by Crippen LogP contribution is -2.38. The molecule has 0 fully saturated rings. The molecular weight excluding hydrogens is 338 g/mol. The van der Waals surface area contributed by atoms with E-state index < -0.39 is 0 Å². The van der Waals surface area contributed by atoms with Crippen molar-refractivity contribution >= 4 is 33.9 Å². The van der Waals surface area contributed by atoms with Crippen molar-refractivity contribution in [1.82, 2.24) is 9.88 Å². The van der Waals surface area contributed by atoms with Crippen molar-refractivity contribution in [2.75, 3.05) is 11.9 Å². The molecule has 0 radical (unpaired) electrons. The number of aromatic nitrogens is 1. The summed E-state index contributed by atoms with van der Waals surface area (Å²) in [6.07, 6.45) is 1.02. The number of H-pyrrole nitrogens is 1. The predicted molar refractivity (Wildman–Crippen MR) is 114 cm³/mol. The second kappa shape index (κ2) is 6.44. The van der Waals surface area contributed by atoms with Gasteiger partial charge in [-0.3, -0.25) is 0 Å². The van der Waals surface area contributed by atoms with Gasteiger partial charge in [0.2, 0.25) is 0 Å². The van der Waals surface area contributed by atoms with Crippen molar-refractivity contribution in [3.63, 3.8) is 0 Å². The molecule has 0 aliphatic carbocycles. The molecule has 3 aromatic rings. The van der Waals surface area contributed by atoms with Crippen molar-refractivity contribution in [1.29, 1.82) is 0 Å². The van der Waals surface area contributed by atoms with Gasteiger partial charge < -0.3 is 15.2 Å². The number of benzene rings is 2. The molecule has 2 N–H and O–H groups in total. The number of para-hydroxylation sites is 1. The average Bonchev–Trinajstić information content (AvgIpc) is 2.99. The summed E-state index contributed by atoms with van der Waals surface area (Å²) >= 11 is 5.67. The molecule has 0 saturated carbocycles. The zero-order chi connectivity index (χ0) is 18.3. The fourth-order valence-electron chi connectivity index (χ4n) is 3.62. The van der Waals surface area contributed by atoms with Gasteiger partial charge in [-0.2, -0.15) is 0 Å². The summed E-state index contributed by atoms with van der Waals surface area (Å²) in [5, 5.41) is 5.53. The van der Waals surface area contributed by atoms with Crippen LogP contribution in [0.5, 0.6) is 0 Å². The number of rotatable bonds is 1. The molecule has 26 heavy (non-hydrogen) atoms. The maximum atomic E-state index is 5.67. The molecule has 134 valence electrons. The Morgan fingerprint density at radius 2 is 1.81 bits per heavy atom. The van der Waals surface area contributed by atoms with Gasteiger partial charge >= 0.3 is 0 Å². The molecular formula is C22H25N3S. The molecule has 3 nitrogen and oxygen atoms in total. The van der Waals surface area contributed by atoms with Crippen LogP contribution in [0.15, 0.2) is 48.5 Å². The number of hydrogen-bond acceptors (Lipinski definition) is 1. The van der Waals surface area contributed by atoms with Gasteiger partial charge in [0.25, 0.3) is 0 Å². The fraction of sp³-hybridized carbons (Fsp3) is 0.318. The molecule has 0 spiro atoms. The summed E-state index contributed by atoms with van der Waals surface area (Å²) in [7, 11) is 0. The van der Waals surface area contributed by atoms with Gasteiger partial charge in [0.05, 0.1) is 6.54 Å². The number of fused-ring (bicyclic) bond motifs is 3. The second-order valence-electron chi connectivity index (χ2n) is 8.06. The number of hydrogen-bond donors (Lipinski definition) is 2. The van der Waals surface area contributed by atoms with Crippen molar-refractivity contribution in [3.05, 3.63) is 65.4 Å². The third-order valence-electron chi connectivity index (χ3n) is 5.17. The Morgan fingerprint density at radius 3 is 2.54 bits per heavy atom. The van der Waals surface area contributed by atoms with E-state index in [-0.39, 0.29) is 5.41 Å². The predicted octanol–water partition coefficient (Wildman–Crippen LogP) is 5.22. The lowest BCUT2D eigenvalue weighted by Gasteiger charge is -2.30. The van der Waals surface area contributed by atoms with Gasteiger partial charge in [-0.25, -0.2) is 0 Å². The van der Waals surface area contributed by atoms with Gasteiger partial charge in [-0.15, -0.1) is 0 Å². The molecule has 0 bridgehead atoms. The fourth-order valence-corrected chi connectivity index (χ4v) is 3.90. The molecule has 0 unspecified atom stereocenters. The zero-order valence-electron chi connectivity index (χ0n) is 15.6. The van der Waals surface area contributed by atoms with Gasteiger partial charge in [0.15, 0.2) is 5.11 Å². The number of nitrogens with zero attached hydrogens (tertiary/aromatic N) is 1. The van der Waals surface area contributed by atoms with Crippen LogP contribution in [0.4, 0.5) is 5.69 Å². The summed E-state index contributed by atoms with van der Waals surface area (Å²) in [5.74, 6) is 0. The summed E-state index contributed by atoms with van der Waals surface area (Å²) < 4.78 is 0. The average molecular weight is 364 g/mol. The molecule has 2 heterocycles. The molecule has 0 atom stereocenters. The Hall–Kier alpha value is -2.33. The van der Waals surface area contributed by atoms with Gasteiger partial charge in [0, 0.05) is 28.8 Å². The number of nitrogens with one attached hydrogen (secondary N) is 2. The van der Waals surface area contributed by atoms with E-state index in [0.29, 0.717) is 0 Å². The number of thiocarbonyl (C=S) groups is 1. The first kappa shape index (κ1) is 17.1. The third kappa shape index (κ3) is 3.21. The summed E-state index contributed by atoms with van der Waals surface area (Å²) in [5.41, 5.74) is 6.48. The van der Waals surface area contributed by atoms with Crippen LogP contribution in [-0.2, 0) is 18.4 Å². The monoisotopic (exact) mass is 363 g/mol. The Bertz CT molecular complexity index is 948. The van der Waals surface area contributed by atoms with E-state index in [2.05, 4.69) is 84.5 Å². The van der Waals surface area contributed by atoms with Crippen LogP contribution in [-0.4, -0.2) is 21.5 Å². The Labute approximate surface area is 160 Å². The van der Waals surface area contributed by atoms with Crippen LogP contribution in [0.1, 0.15) is 37.6 Å². The summed E-state index contributed by atoms with van der Waals surface area (Å²) in [6, 6.07) is 17.1.